The van der Waals surface area contributed by atoms with Gasteiger partial charge in [-0.05, 0) is 56.2 Å². The molecule has 0 N–H and O–H groups in total. The molecule has 152 valence electrons. The van der Waals surface area contributed by atoms with E-state index in [1.807, 2.05) is 38.1 Å². The van der Waals surface area contributed by atoms with E-state index < -0.39 is 0 Å². The zero-order chi connectivity index (χ0) is 20.2. The molecular formula is C23H25NO5. The molecule has 0 aliphatic carbocycles. The highest BCUT2D eigenvalue weighted by molar-refractivity contribution is 5.82. The number of fused-ring (bicyclic) bond motifs is 3. The molecule has 1 aliphatic rings. The topological polar surface area (TPSA) is 61.1 Å². The lowest BCUT2D eigenvalue weighted by Crippen LogP contribution is -2.33. The van der Waals surface area contributed by atoms with Crippen LogP contribution in [0.4, 0.5) is 0 Å². The molecule has 3 aromatic rings. The van der Waals surface area contributed by atoms with Gasteiger partial charge in [-0.1, -0.05) is 6.07 Å². The molecule has 0 radical (unpaired) electrons. The molecule has 0 unspecified atom stereocenters. The fourth-order valence-electron chi connectivity index (χ4n) is 3.57. The lowest BCUT2D eigenvalue weighted by Gasteiger charge is -2.29. The lowest BCUT2D eigenvalue weighted by atomic mass is 10.1. The van der Waals surface area contributed by atoms with Gasteiger partial charge in [0.25, 0.3) is 0 Å². The summed E-state index contributed by atoms with van der Waals surface area (Å²) < 4.78 is 22.7. The van der Waals surface area contributed by atoms with Crippen molar-refractivity contribution in [3.8, 4) is 17.2 Å². The number of benzene rings is 2. The van der Waals surface area contributed by atoms with E-state index in [4.69, 9.17) is 18.6 Å². The summed E-state index contributed by atoms with van der Waals surface area (Å²) in [6, 6.07) is 13.2. The summed E-state index contributed by atoms with van der Waals surface area (Å²) in [5.41, 5.74) is 2.36. The number of rotatable bonds is 7. The average Bonchev–Trinajstić information content (AvgIpc) is 2.74. The van der Waals surface area contributed by atoms with Crippen LogP contribution >= 0.6 is 0 Å². The third-order valence-corrected chi connectivity index (χ3v) is 4.96. The van der Waals surface area contributed by atoms with Gasteiger partial charge in [0.15, 0.2) is 11.5 Å². The maximum atomic E-state index is 11.7. The van der Waals surface area contributed by atoms with E-state index in [2.05, 4.69) is 11.0 Å². The molecule has 1 aliphatic heterocycles. The second kappa shape index (κ2) is 8.57. The predicted molar refractivity (Wildman–Crippen MR) is 111 cm³/mol. The summed E-state index contributed by atoms with van der Waals surface area (Å²) >= 11 is 0. The molecule has 4 rings (SSSR count). The molecule has 0 fully saturated rings. The van der Waals surface area contributed by atoms with Gasteiger partial charge < -0.3 is 18.6 Å². The fraction of sp³-hybridized carbons (Fsp3) is 0.348. The SMILES string of the molecule is CCOc1ccc(CCN2COc3ccc4ccc(=O)oc4c3C2)cc1OCC. The van der Waals surface area contributed by atoms with Gasteiger partial charge in [-0.3, -0.25) is 4.90 Å². The monoisotopic (exact) mass is 395 g/mol. The van der Waals surface area contributed by atoms with Gasteiger partial charge >= 0.3 is 5.63 Å². The number of hydrogen-bond donors (Lipinski definition) is 0. The first kappa shape index (κ1) is 19.3. The summed E-state index contributed by atoms with van der Waals surface area (Å²) in [7, 11) is 0. The van der Waals surface area contributed by atoms with E-state index in [1.54, 1.807) is 6.07 Å². The molecule has 0 spiro atoms. The van der Waals surface area contributed by atoms with Crippen LogP contribution in [0.3, 0.4) is 0 Å². The Labute approximate surface area is 169 Å². The van der Waals surface area contributed by atoms with Gasteiger partial charge in [0.1, 0.15) is 18.1 Å². The number of hydrogen-bond acceptors (Lipinski definition) is 6. The number of ether oxygens (including phenoxy) is 3. The van der Waals surface area contributed by atoms with Gasteiger partial charge in [0, 0.05) is 24.5 Å². The standard InChI is InChI=1S/C23H25NO5/c1-3-26-20-8-5-16(13-21(20)27-4-2)11-12-24-14-18-19(28-15-24)9-6-17-7-10-22(25)29-23(17)18/h5-10,13H,3-4,11-12,14-15H2,1-2H3. The van der Waals surface area contributed by atoms with Gasteiger partial charge in [0.05, 0.1) is 18.8 Å². The highest BCUT2D eigenvalue weighted by atomic mass is 16.5. The van der Waals surface area contributed by atoms with Crippen LogP contribution in [0, 0.1) is 0 Å². The Bertz CT molecular complexity index is 1060. The van der Waals surface area contributed by atoms with Crippen molar-refractivity contribution in [2.45, 2.75) is 26.8 Å². The molecule has 6 nitrogen and oxygen atoms in total. The van der Waals surface area contributed by atoms with Crippen molar-refractivity contribution in [2.75, 3.05) is 26.5 Å². The maximum absolute atomic E-state index is 11.7. The van der Waals surface area contributed by atoms with Crippen molar-refractivity contribution in [3.05, 3.63) is 64.0 Å². The van der Waals surface area contributed by atoms with Crippen LogP contribution in [0.5, 0.6) is 17.2 Å². The smallest absolute Gasteiger partial charge is 0.336 e. The fourth-order valence-corrected chi connectivity index (χ4v) is 3.57. The second-order valence-electron chi connectivity index (χ2n) is 6.94. The lowest BCUT2D eigenvalue weighted by molar-refractivity contribution is 0.0967. The van der Waals surface area contributed by atoms with E-state index in [0.717, 1.165) is 41.2 Å². The molecule has 0 saturated carbocycles. The average molecular weight is 395 g/mol. The normalized spacial score (nSPS) is 13.7. The second-order valence-corrected chi connectivity index (χ2v) is 6.94. The Hall–Kier alpha value is -2.99. The third-order valence-electron chi connectivity index (χ3n) is 4.96. The van der Waals surface area contributed by atoms with E-state index in [1.165, 1.54) is 11.6 Å². The van der Waals surface area contributed by atoms with E-state index in [0.29, 0.717) is 32.1 Å². The first-order chi connectivity index (χ1) is 14.2. The summed E-state index contributed by atoms with van der Waals surface area (Å²) in [6.07, 6.45) is 0.847. The van der Waals surface area contributed by atoms with Crippen molar-refractivity contribution >= 4 is 11.0 Å². The van der Waals surface area contributed by atoms with Crippen LogP contribution in [0.1, 0.15) is 25.0 Å². The minimum atomic E-state index is -0.346. The highest BCUT2D eigenvalue weighted by Crippen LogP contribution is 2.32. The highest BCUT2D eigenvalue weighted by Gasteiger charge is 2.21. The van der Waals surface area contributed by atoms with Crippen LogP contribution in [0.15, 0.2) is 51.7 Å². The summed E-state index contributed by atoms with van der Waals surface area (Å²) in [5.74, 6) is 2.33. The van der Waals surface area contributed by atoms with Crippen molar-refractivity contribution in [1.29, 1.82) is 0 Å². The van der Waals surface area contributed by atoms with Crippen molar-refractivity contribution in [2.24, 2.45) is 0 Å². The van der Waals surface area contributed by atoms with Crippen LogP contribution < -0.4 is 19.8 Å². The molecule has 0 amide bonds. The van der Waals surface area contributed by atoms with Crippen LogP contribution in [-0.2, 0) is 13.0 Å². The van der Waals surface area contributed by atoms with Crippen LogP contribution in [0.25, 0.3) is 11.0 Å². The van der Waals surface area contributed by atoms with Gasteiger partial charge in [-0.15, -0.1) is 0 Å². The molecule has 0 saturated heterocycles. The molecule has 29 heavy (non-hydrogen) atoms. The maximum Gasteiger partial charge on any atom is 0.336 e. The Morgan fingerprint density at radius 1 is 1.00 bits per heavy atom. The van der Waals surface area contributed by atoms with Crippen LogP contribution in [0.2, 0.25) is 0 Å². The minimum Gasteiger partial charge on any atom is -0.490 e. The molecular weight excluding hydrogens is 370 g/mol. The summed E-state index contributed by atoms with van der Waals surface area (Å²) in [5, 5.41) is 0.904. The molecule has 2 aromatic carbocycles. The largest absolute Gasteiger partial charge is 0.490 e. The molecule has 0 atom stereocenters. The number of nitrogens with zero attached hydrogens (tertiary/aromatic N) is 1. The Morgan fingerprint density at radius 2 is 1.79 bits per heavy atom. The van der Waals surface area contributed by atoms with E-state index in [9.17, 15) is 4.79 Å². The summed E-state index contributed by atoms with van der Waals surface area (Å²) in [6.45, 7) is 7.12. The van der Waals surface area contributed by atoms with Crippen molar-refractivity contribution in [3.63, 3.8) is 0 Å². The Kier molecular flexibility index (Phi) is 5.71. The van der Waals surface area contributed by atoms with Crippen LogP contribution in [-0.4, -0.2) is 31.4 Å². The molecule has 2 heterocycles. The molecule has 6 heteroatoms. The zero-order valence-electron chi connectivity index (χ0n) is 16.8. The van der Waals surface area contributed by atoms with Gasteiger partial charge in [-0.2, -0.15) is 0 Å². The quantitative estimate of drug-likeness (QED) is 0.564. The predicted octanol–water partition coefficient (Wildman–Crippen LogP) is 3.99. The van der Waals surface area contributed by atoms with Gasteiger partial charge in [-0.25, -0.2) is 4.79 Å². The van der Waals surface area contributed by atoms with Gasteiger partial charge in [0.2, 0.25) is 0 Å². The Balaban J connectivity index is 1.49. The molecule has 0 bridgehead atoms. The zero-order valence-corrected chi connectivity index (χ0v) is 16.8. The minimum absolute atomic E-state index is 0.346. The van der Waals surface area contributed by atoms with Crippen molar-refractivity contribution < 1.29 is 18.6 Å². The van der Waals surface area contributed by atoms with E-state index in [-0.39, 0.29) is 5.63 Å². The van der Waals surface area contributed by atoms with E-state index >= 15 is 0 Å². The molecule has 1 aromatic heterocycles. The Morgan fingerprint density at radius 3 is 2.62 bits per heavy atom. The summed E-state index contributed by atoms with van der Waals surface area (Å²) in [4.78, 5) is 13.9. The first-order valence-electron chi connectivity index (χ1n) is 9.97. The first-order valence-corrected chi connectivity index (χ1v) is 9.97. The van der Waals surface area contributed by atoms with Crippen molar-refractivity contribution in [1.82, 2.24) is 4.90 Å². The third kappa shape index (κ3) is 4.22.